The molecule has 30 heavy (non-hydrogen) atoms. The van der Waals surface area contributed by atoms with Crippen molar-refractivity contribution in [3.63, 3.8) is 0 Å². The molecule has 1 atom stereocenters. The Kier molecular flexibility index (Phi) is 5.81. The Morgan fingerprint density at radius 1 is 1.23 bits per heavy atom. The summed E-state index contributed by atoms with van der Waals surface area (Å²) in [6, 6.07) is 14.2. The molecule has 1 amide bonds. The second-order valence-corrected chi connectivity index (χ2v) is 7.60. The van der Waals surface area contributed by atoms with Crippen LogP contribution in [0.2, 0.25) is 0 Å². The number of benzene rings is 2. The van der Waals surface area contributed by atoms with Crippen molar-refractivity contribution in [2.24, 2.45) is 11.7 Å². The molecule has 1 aliphatic heterocycles. The third kappa shape index (κ3) is 4.21. The number of likely N-dealkylation sites (tertiary alicyclic amines) is 1. The number of ether oxygens (including phenoxy) is 1. The van der Waals surface area contributed by atoms with Crippen LogP contribution in [0.4, 0.5) is 4.39 Å². The summed E-state index contributed by atoms with van der Waals surface area (Å²) in [6.07, 6.45) is 3.62. The number of carbonyl (C=O) groups excluding carboxylic acids is 1. The summed E-state index contributed by atoms with van der Waals surface area (Å²) in [6.45, 7) is 2.12. The Morgan fingerprint density at radius 3 is 2.70 bits per heavy atom. The molecule has 0 saturated carbocycles. The van der Waals surface area contributed by atoms with Crippen LogP contribution >= 0.6 is 0 Å². The minimum absolute atomic E-state index is 0.134. The van der Waals surface area contributed by atoms with E-state index in [-0.39, 0.29) is 17.6 Å². The van der Waals surface area contributed by atoms with Gasteiger partial charge in [-0.15, -0.1) is 0 Å². The number of carbonyl (C=O) groups is 1. The standard InChI is InChI=1S/C23H25FN4O2/c1-30-19-10-8-16(9-11-19)22-18(14-27-12-4-5-17(13-27)23(25)29)15-28(26-22)21-7-3-2-6-20(21)24/h2-3,6-11,15,17H,4-5,12-14H2,1H3,(H2,25,29)/t17-/m1/s1. The summed E-state index contributed by atoms with van der Waals surface area (Å²) in [5, 5.41) is 4.70. The number of nitrogens with two attached hydrogens (primary N) is 1. The zero-order valence-corrected chi connectivity index (χ0v) is 16.9. The van der Waals surface area contributed by atoms with Gasteiger partial charge in [0.05, 0.1) is 18.7 Å². The van der Waals surface area contributed by atoms with Gasteiger partial charge < -0.3 is 10.5 Å². The number of hydrogen-bond acceptors (Lipinski definition) is 4. The summed E-state index contributed by atoms with van der Waals surface area (Å²) in [7, 11) is 1.62. The summed E-state index contributed by atoms with van der Waals surface area (Å²) in [5.74, 6) is 0.0377. The molecule has 156 valence electrons. The Morgan fingerprint density at radius 2 is 2.00 bits per heavy atom. The van der Waals surface area contributed by atoms with E-state index < -0.39 is 0 Å². The summed E-state index contributed by atoms with van der Waals surface area (Å²) >= 11 is 0. The van der Waals surface area contributed by atoms with Gasteiger partial charge in [0.25, 0.3) is 0 Å². The molecular weight excluding hydrogens is 383 g/mol. The van der Waals surface area contributed by atoms with Crippen molar-refractivity contribution >= 4 is 5.91 Å². The predicted octanol–water partition coefficient (Wildman–Crippen LogP) is 3.38. The van der Waals surface area contributed by atoms with Crippen LogP contribution in [0.25, 0.3) is 16.9 Å². The van der Waals surface area contributed by atoms with E-state index in [1.54, 1.807) is 30.0 Å². The highest BCUT2D eigenvalue weighted by Gasteiger charge is 2.25. The number of piperidine rings is 1. The maximum Gasteiger partial charge on any atom is 0.221 e. The van der Waals surface area contributed by atoms with Gasteiger partial charge in [-0.3, -0.25) is 9.69 Å². The maximum absolute atomic E-state index is 14.4. The lowest BCUT2D eigenvalue weighted by Crippen LogP contribution is -2.40. The smallest absolute Gasteiger partial charge is 0.221 e. The molecule has 1 fully saturated rings. The Labute approximate surface area is 175 Å². The molecule has 0 aliphatic carbocycles. The number of nitrogens with zero attached hydrogens (tertiary/aromatic N) is 3. The minimum Gasteiger partial charge on any atom is -0.497 e. The fraction of sp³-hybridized carbons (Fsp3) is 0.304. The molecule has 2 heterocycles. The van der Waals surface area contributed by atoms with E-state index in [0.29, 0.717) is 18.8 Å². The molecule has 0 spiro atoms. The Bertz CT molecular complexity index is 1030. The number of methoxy groups -OCH3 is 1. The number of para-hydroxylation sites is 1. The van der Waals surface area contributed by atoms with Crippen LogP contribution in [-0.4, -0.2) is 40.8 Å². The average Bonchev–Trinajstić information content (AvgIpc) is 3.17. The van der Waals surface area contributed by atoms with Gasteiger partial charge >= 0.3 is 0 Å². The molecule has 3 aromatic rings. The van der Waals surface area contributed by atoms with Crippen molar-refractivity contribution in [3.8, 4) is 22.7 Å². The van der Waals surface area contributed by atoms with Gasteiger partial charge in [-0.1, -0.05) is 12.1 Å². The highest BCUT2D eigenvalue weighted by Crippen LogP contribution is 2.28. The molecule has 2 aromatic carbocycles. The molecule has 7 heteroatoms. The second-order valence-electron chi connectivity index (χ2n) is 7.60. The van der Waals surface area contributed by atoms with Crippen LogP contribution in [0.3, 0.4) is 0 Å². The number of hydrogen-bond donors (Lipinski definition) is 1. The first kappa shape index (κ1) is 20.1. The van der Waals surface area contributed by atoms with Crippen LogP contribution in [0.15, 0.2) is 54.7 Å². The van der Waals surface area contributed by atoms with Crippen molar-refractivity contribution in [1.82, 2.24) is 14.7 Å². The number of primary amides is 1. The van der Waals surface area contributed by atoms with Crippen molar-refractivity contribution < 1.29 is 13.9 Å². The zero-order chi connectivity index (χ0) is 21.1. The summed E-state index contributed by atoms with van der Waals surface area (Å²) < 4.78 is 21.2. The number of amides is 1. The zero-order valence-electron chi connectivity index (χ0n) is 16.9. The summed E-state index contributed by atoms with van der Waals surface area (Å²) in [5.41, 5.74) is 8.59. The molecule has 6 nitrogen and oxygen atoms in total. The van der Waals surface area contributed by atoms with E-state index in [0.717, 1.165) is 42.0 Å². The van der Waals surface area contributed by atoms with Crippen LogP contribution in [0.5, 0.6) is 5.75 Å². The maximum atomic E-state index is 14.4. The first-order chi connectivity index (χ1) is 14.5. The largest absolute Gasteiger partial charge is 0.497 e. The molecular formula is C23H25FN4O2. The quantitative estimate of drug-likeness (QED) is 0.679. The lowest BCUT2D eigenvalue weighted by Gasteiger charge is -2.31. The minimum atomic E-state index is -0.334. The topological polar surface area (TPSA) is 73.4 Å². The van der Waals surface area contributed by atoms with Gasteiger partial charge in [-0.05, 0) is 55.8 Å². The first-order valence-electron chi connectivity index (χ1n) is 10.0. The Balaban J connectivity index is 1.70. The molecule has 0 unspecified atom stereocenters. The van der Waals surface area contributed by atoms with Crippen LogP contribution in [-0.2, 0) is 11.3 Å². The van der Waals surface area contributed by atoms with E-state index in [4.69, 9.17) is 15.6 Å². The van der Waals surface area contributed by atoms with Crippen molar-refractivity contribution in [1.29, 1.82) is 0 Å². The van der Waals surface area contributed by atoms with Gasteiger partial charge in [-0.25, -0.2) is 9.07 Å². The monoisotopic (exact) mass is 408 g/mol. The van der Waals surface area contributed by atoms with Crippen LogP contribution < -0.4 is 10.5 Å². The second kappa shape index (κ2) is 8.67. The van der Waals surface area contributed by atoms with Gasteiger partial charge in [-0.2, -0.15) is 5.10 Å². The Hall–Kier alpha value is -3.19. The molecule has 4 rings (SSSR count). The molecule has 0 bridgehead atoms. The molecule has 1 saturated heterocycles. The van der Waals surface area contributed by atoms with E-state index in [1.807, 2.05) is 30.5 Å². The fourth-order valence-electron chi connectivity index (χ4n) is 3.95. The molecule has 2 N–H and O–H groups in total. The van der Waals surface area contributed by atoms with E-state index >= 15 is 0 Å². The van der Waals surface area contributed by atoms with Crippen LogP contribution in [0, 0.1) is 11.7 Å². The van der Waals surface area contributed by atoms with Gasteiger partial charge in [0, 0.05) is 30.4 Å². The van der Waals surface area contributed by atoms with Crippen LogP contribution in [0.1, 0.15) is 18.4 Å². The highest BCUT2D eigenvalue weighted by atomic mass is 19.1. The fourth-order valence-corrected chi connectivity index (χ4v) is 3.95. The third-order valence-electron chi connectivity index (χ3n) is 5.55. The van der Waals surface area contributed by atoms with E-state index in [1.165, 1.54) is 6.07 Å². The summed E-state index contributed by atoms with van der Waals surface area (Å²) in [4.78, 5) is 13.9. The number of halogens is 1. The van der Waals surface area contributed by atoms with E-state index in [9.17, 15) is 9.18 Å². The van der Waals surface area contributed by atoms with Crippen molar-refractivity contribution in [2.45, 2.75) is 19.4 Å². The first-order valence-corrected chi connectivity index (χ1v) is 10.0. The van der Waals surface area contributed by atoms with Crippen molar-refractivity contribution in [2.75, 3.05) is 20.2 Å². The average molecular weight is 408 g/mol. The van der Waals surface area contributed by atoms with Gasteiger partial charge in [0.2, 0.25) is 5.91 Å². The predicted molar refractivity (Wildman–Crippen MR) is 113 cm³/mol. The number of aromatic nitrogens is 2. The third-order valence-corrected chi connectivity index (χ3v) is 5.55. The normalized spacial score (nSPS) is 17.1. The SMILES string of the molecule is COc1ccc(-c2nn(-c3ccccc3F)cc2CN2CCC[C@@H](C(N)=O)C2)cc1. The molecule has 1 aliphatic rings. The van der Waals surface area contributed by atoms with Gasteiger partial charge in [0.15, 0.2) is 0 Å². The highest BCUT2D eigenvalue weighted by molar-refractivity contribution is 5.77. The van der Waals surface area contributed by atoms with Gasteiger partial charge in [0.1, 0.15) is 17.3 Å². The van der Waals surface area contributed by atoms with Crippen molar-refractivity contribution in [3.05, 3.63) is 66.1 Å². The lowest BCUT2D eigenvalue weighted by atomic mass is 9.97. The van der Waals surface area contributed by atoms with E-state index in [2.05, 4.69) is 4.90 Å². The molecule has 1 aromatic heterocycles. The molecule has 0 radical (unpaired) electrons. The number of rotatable bonds is 6. The lowest BCUT2D eigenvalue weighted by molar-refractivity contribution is -0.123.